The predicted molar refractivity (Wildman–Crippen MR) is 196 cm³/mol. The Labute approximate surface area is 333 Å². The normalized spacial score (nSPS) is 50.4. The Hall–Kier alpha value is -2.44. The molecule has 4 saturated carbocycles. The molecule has 16 heteroatoms. The summed E-state index contributed by atoms with van der Waals surface area (Å²) in [7, 11) is 0. The summed E-state index contributed by atoms with van der Waals surface area (Å²) in [6, 6.07) is -0.329. The molecule has 20 atom stereocenters. The minimum absolute atomic E-state index is 0.0170. The second-order valence-electron chi connectivity index (χ2n) is 19.4. The number of ether oxygens (including phenoxy) is 5. The van der Waals surface area contributed by atoms with Crippen molar-refractivity contribution in [2.75, 3.05) is 13.1 Å². The Morgan fingerprint density at radius 3 is 2.12 bits per heavy atom. The highest BCUT2D eigenvalue weighted by molar-refractivity contribution is 5.79. The molecule has 0 radical (unpaired) electrons. The van der Waals surface area contributed by atoms with Crippen molar-refractivity contribution < 1.29 is 73.5 Å². The molecule has 0 aromatic carbocycles. The molecule has 16 nitrogen and oxygen atoms in total. The summed E-state index contributed by atoms with van der Waals surface area (Å²) in [6.45, 7) is 14.7. The molecular formula is C41H63NO15. The van der Waals surface area contributed by atoms with Crippen molar-refractivity contribution in [1.82, 2.24) is 4.90 Å². The van der Waals surface area contributed by atoms with E-state index < -0.39 is 130 Å². The van der Waals surface area contributed by atoms with E-state index in [1.807, 2.05) is 6.92 Å². The van der Waals surface area contributed by atoms with Crippen LogP contribution >= 0.6 is 0 Å². The monoisotopic (exact) mass is 809 g/mol. The van der Waals surface area contributed by atoms with Gasteiger partial charge in [-0.1, -0.05) is 27.7 Å². The fourth-order valence-corrected chi connectivity index (χ4v) is 13.1. The van der Waals surface area contributed by atoms with Crippen LogP contribution in [0, 0.1) is 46.8 Å². The lowest BCUT2D eigenvalue weighted by Gasteiger charge is -2.64. The molecule has 1 spiro atoms. The average Bonchev–Trinajstić information content (AvgIpc) is 3.40. The zero-order chi connectivity index (χ0) is 42.2. The van der Waals surface area contributed by atoms with Crippen LogP contribution in [0.3, 0.4) is 0 Å². The highest BCUT2D eigenvalue weighted by Gasteiger charge is 2.90. The van der Waals surface area contributed by atoms with E-state index >= 15 is 0 Å². The minimum atomic E-state index is -2.47. The van der Waals surface area contributed by atoms with Crippen LogP contribution < -0.4 is 0 Å². The van der Waals surface area contributed by atoms with Crippen molar-refractivity contribution in [3.8, 4) is 0 Å². The maximum absolute atomic E-state index is 13.9. The van der Waals surface area contributed by atoms with E-state index in [-0.39, 0.29) is 25.3 Å². The van der Waals surface area contributed by atoms with Gasteiger partial charge in [0.05, 0.1) is 41.2 Å². The number of rotatable bonds is 8. The van der Waals surface area contributed by atoms with Crippen LogP contribution in [-0.2, 0) is 42.9 Å². The number of carbonyl (C=O) groups excluding carboxylic acids is 4. The van der Waals surface area contributed by atoms with Gasteiger partial charge in [-0.15, -0.1) is 0 Å². The molecule has 10 unspecified atom stereocenters. The summed E-state index contributed by atoms with van der Waals surface area (Å²) in [5, 5.41) is 73.2. The van der Waals surface area contributed by atoms with Gasteiger partial charge in [0.2, 0.25) is 5.79 Å². The fraction of sp³-hybridized carbons (Fsp3) is 0.902. The number of hydrogen-bond donors (Lipinski definition) is 6. The molecule has 0 aromatic rings. The molecule has 7 fully saturated rings. The SMILES string of the molecule is CCC(C)C(=O)O[C@H]1[C@H](O)C2C(CN3CC(C)CCC3[C@@]2(C)O)C2C[C@@]34O[C@@]5(O)C([C@@H](OC(C)=O)[C@@H](OC(C)=O)C3[C@@]21O)[C@]4(C)CC[C@@H]5OC(=O)C(C)(O)C(C)O. The molecule has 3 saturated heterocycles. The first-order valence-electron chi connectivity index (χ1n) is 20.8. The zero-order valence-electron chi connectivity index (χ0n) is 34.5. The van der Waals surface area contributed by atoms with Gasteiger partial charge in [-0.25, -0.2) is 4.79 Å². The Morgan fingerprint density at radius 2 is 1.54 bits per heavy atom. The number of aliphatic hydroxyl groups excluding tert-OH is 2. The van der Waals surface area contributed by atoms with E-state index in [0.717, 1.165) is 27.2 Å². The molecule has 7 aliphatic rings. The molecule has 322 valence electrons. The Balaban J connectivity index is 1.45. The fourth-order valence-electron chi connectivity index (χ4n) is 13.1. The number of fused-ring (bicyclic) bond motifs is 5. The topological polar surface area (TPSA) is 239 Å². The highest BCUT2D eigenvalue weighted by atomic mass is 16.7. The Bertz CT molecular complexity index is 1650. The number of esters is 4. The van der Waals surface area contributed by atoms with Gasteiger partial charge in [-0.05, 0) is 77.0 Å². The molecule has 3 heterocycles. The Kier molecular flexibility index (Phi) is 10.3. The number of hydrogen-bond acceptors (Lipinski definition) is 16. The van der Waals surface area contributed by atoms with Gasteiger partial charge in [0.25, 0.3) is 0 Å². The van der Waals surface area contributed by atoms with E-state index in [4.69, 9.17) is 23.7 Å². The molecule has 3 aliphatic heterocycles. The highest BCUT2D eigenvalue weighted by Crippen LogP contribution is 2.78. The largest absolute Gasteiger partial charge is 0.458 e. The van der Waals surface area contributed by atoms with Gasteiger partial charge in [-0.2, -0.15) is 0 Å². The molecular weight excluding hydrogens is 746 g/mol. The smallest absolute Gasteiger partial charge is 0.341 e. The molecule has 0 amide bonds. The van der Waals surface area contributed by atoms with Crippen LogP contribution in [0.15, 0.2) is 0 Å². The summed E-state index contributed by atoms with van der Waals surface area (Å²) >= 11 is 0. The number of carbonyl (C=O) groups is 4. The van der Waals surface area contributed by atoms with Crippen LogP contribution in [0.4, 0.5) is 0 Å². The van der Waals surface area contributed by atoms with Gasteiger partial charge < -0.3 is 54.3 Å². The lowest BCUT2D eigenvalue weighted by Crippen LogP contribution is -2.78. The molecule has 4 aliphatic carbocycles. The van der Waals surface area contributed by atoms with Crippen molar-refractivity contribution in [2.24, 2.45) is 46.8 Å². The van der Waals surface area contributed by atoms with E-state index in [0.29, 0.717) is 31.8 Å². The summed E-state index contributed by atoms with van der Waals surface area (Å²) in [4.78, 5) is 55.6. The third-order valence-electron chi connectivity index (χ3n) is 16.1. The molecule has 0 aromatic heterocycles. The van der Waals surface area contributed by atoms with E-state index in [1.54, 1.807) is 20.8 Å². The summed E-state index contributed by atoms with van der Waals surface area (Å²) in [5.74, 6) is -11.5. The molecule has 57 heavy (non-hydrogen) atoms. The van der Waals surface area contributed by atoms with Crippen LogP contribution in [0.2, 0.25) is 0 Å². The van der Waals surface area contributed by atoms with Crippen LogP contribution in [0.5, 0.6) is 0 Å². The van der Waals surface area contributed by atoms with E-state index in [2.05, 4.69) is 11.8 Å². The second kappa shape index (κ2) is 13.8. The van der Waals surface area contributed by atoms with Gasteiger partial charge in [-0.3, -0.25) is 19.3 Å². The van der Waals surface area contributed by atoms with Crippen molar-refractivity contribution in [3.05, 3.63) is 0 Å². The van der Waals surface area contributed by atoms with Gasteiger partial charge in [0.15, 0.2) is 17.8 Å². The van der Waals surface area contributed by atoms with Crippen LogP contribution in [0.25, 0.3) is 0 Å². The first-order chi connectivity index (χ1) is 26.3. The standard InChI is InChI=1S/C41H63NO15/c1-10-19(3)34(47)56-33-28(46)27-23(17-42-16-18(2)11-12-25(42)38(27,9)50)24-15-39-32(40(24,33)51)30(54-22(6)45)29(53-21(5)44)31-36(39,7)14-13-26(41(31,52)57-39)55-35(48)37(8,49)20(4)43/h18-20,23-33,43,46,49-52H,10-17H2,1-9H3/t18?,19?,20?,23?,24?,25?,26-,27?,28+,29-,30+,31?,32?,33-,36-,37?,38+,39+,40-,41+/m0/s1. The predicted octanol–water partition coefficient (Wildman–Crippen LogP) is 0.578. The maximum atomic E-state index is 13.9. The van der Waals surface area contributed by atoms with E-state index in [9.17, 15) is 49.8 Å². The van der Waals surface area contributed by atoms with E-state index in [1.165, 1.54) is 6.92 Å². The van der Waals surface area contributed by atoms with Crippen LogP contribution in [0.1, 0.15) is 101 Å². The number of piperidine rings is 2. The first kappa shape index (κ1) is 42.7. The van der Waals surface area contributed by atoms with Crippen molar-refractivity contribution >= 4 is 23.9 Å². The van der Waals surface area contributed by atoms with Crippen LogP contribution in [-0.4, -0.2) is 143 Å². The molecule has 4 bridgehead atoms. The lowest BCUT2D eigenvalue weighted by molar-refractivity contribution is -0.301. The first-order valence-corrected chi connectivity index (χ1v) is 20.8. The summed E-state index contributed by atoms with van der Waals surface area (Å²) < 4.78 is 31.1. The average molecular weight is 810 g/mol. The zero-order valence-corrected chi connectivity index (χ0v) is 34.5. The minimum Gasteiger partial charge on any atom is -0.458 e. The van der Waals surface area contributed by atoms with Gasteiger partial charge in [0.1, 0.15) is 17.8 Å². The summed E-state index contributed by atoms with van der Waals surface area (Å²) in [6.07, 6.45) is -7.41. The molecule has 6 N–H and O–H groups in total. The third kappa shape index (κ3) is 5.81. The Morgan fingerprint density at radius 1 is 0.930 bits per heavy atom. The second-order valence-corrected chi connectivity index (χ2v) is 19.4. The van der Waals surface area contributed by atoms with Gasteiger partial charge >= 0.3 is 23.9 Å². The van der Waals surface area contributed by atoms with Crippen molar-refractivity contribution in [2.45, 2.75) is 172 Å². The third-order valence-corrected chi connectivity index (χ3v) is 16.1. The summed E-state index contributed by atoms with van der Waals surface area (Å²) in [5.41, 5.74) is -9.03. The lowest BCUT2D eigenvalue weighted by atomic mass is 9.48. The quantitative estimate of drug-likeness (QED) is 0.145. The van der Waals surface area contributed by atoms with Crippen molar-refractivity contribution in [3.63, 3.8) is 0 Å². The van der Waals surface area contributed by atoms with Crippen molar-refractivity contribution in [1.29, 1.82) is 0 Å². The molecule has 7 rings (SSSR count). The van der Waals surface area contributed by atoms with Gasteiger partial charge in [0, 0.05) is 44.3 Å². The number of aliphatic hydroxyl groups is 6. The maximum Gasteiger partial charge on any atom is 0.341 e. The number of nitrogens with zero attached hydrogens (tertiary/aromatic N) is 1.